The Kier molecular flexibility index (Phi) is 2.56. The van der Waals surface area contributed by atoms with E-state index in [-0.39, 0.29) is 11.4 Å². The number of nitrogens with two attached hydrogens (primary N) is 1. The molecule has 0 aromatic carbocycles. The summed E-state index contributed by atoms with van der Waals surface area (Å²) in [6.45, 7) is 0. The van der Waals surface area contributed by atoms with Crippen molar-refractivity contribution in [1.29, 1.82) is 0 Å². The number of nitrogen functional groups attached to an aromatic ring is 1. The molecular formula is C11H6ClF2N5. The molecule has 0 saturated heterocycles. The molecule has 0 aliphatic heterocycles. The Morgan fingerprint density at radius 2 is 2.00 bits per heavy atom. The fourth-order valence-electron chi connectivity index (χ4n) is 1.71. The monoisotopic (exact) mass is 281 g/mol. The second kappa shape index (κ2) is 4.13. The van der Waals surface area contributed by atoms with Gasteiger partial charge in [0.25, 0.3) is 0 Å². The molecule has 19 heavy (non-hydrogen) atoms. The topological polar surface area (TPSA) is 80.5 Å². The molecule has 0 fully saturated rings. The summed E-state index contributed by atoms with van der Waals surface area (Å²) in [4.78, 5) is 7.65. The van der Waals surface area contributed by atoms with E-state index in [0.717, 1.165) is 0 Å². The van der Waals surface area contributed by atoms with Crippen LogP contribution in [0, 0.1) is 11.6 Å². The van der Waals surface area contributed by atoms with Gasteiger partial charge < -0.3 is 5.73 Å². The number of aromatic nitrogens is 4. The van der Waals surface area contributed by atoms with E-state index in [2.05, 4.69) is 20.2 Å². The first-order valence-electron chi connectivity index (χ1n) is 5.18. The van der Waals surface area contributed by atoms with Crippen LogP contribution in [0.2, 0.25) is 5.02 Å². The van der Waals surface area contributed by atoms with Gasteiger partial charge in [0.2, 0.25) is 0 Å². The van der Waals surface area contributed by atoms with Gasteiger partial charge in [-0.1, -0.05) is 11.6 Å². The van der Waals surface area contributed by atoms with Gasteiger partial charge in [-0.05, 0) is 6.07 Å². The predicted molar refractivity (Wildman–Crippen MR) is 66.5 cm³/mol. The average Bonchev–Trinajstić information content (AvgIpc) is 2.76. The zero-order chi connectivity index (χ0) is 13.6. The van der Waals surface area contributed by atoms with Crippen LogP contribution in [0.1, 0.15) is 0 Å². The fourth-order valence-corrected chi connectivity index (χ4v) is 1.87. The van der Waals surface area contributed by atoms with E-state index in [1.807, 2.05) is 0 Å². The third kappa shape index (κ3) is 1.88. The maximum atomic E-state index is 13.8. The number of nitrogens with zero attached hydrogens (tertiary/aromatic N) is 3. The molecule has 0 bridgehead atoms. The first-order chi connectivity index (χ1) is 9.06. The summed E-state index contributed by atoms with van der Waals surface area (Å²) in [7, 11) is 0. The van der Waals surface area contributed by atoms with E-state index in [9.17, 15) is 8.78 Å². The van der Waals surface area contributed by atoms with Crippen molar-refractivity contribution in [3.8, 4) is 11.4 Å². The van der Waals surface area contributed by atoms with Crippen LogP contribution >= 0.6 is 11.6 Å². The van der Waals surface area contributed by atoms with E-state index >= 15 is 0 Å². The molecule has 5 nitrogen and oxygen atoms in total. The maximum Gasteiger partial charge on any atom is 0.181 e. The first kappa shape index (κ1) is 11.8. The summed E-state index contributed by atoms with van der Waals surface area (Å²) >= 11 is 5.83. The number of nitrogens with one attached hydrogen (secondary N) is 1. The van der Waals surface area contributed by atoms with Crippen LogP contribution < -0.4 is 5.73 Å². The number of aromatic amines is 1. The van der Waals surface area contributed by atoms with Crippen LogP contribution in [0.3, 0.4) is 0 Å². The molecule has 0 saturated carbocycles. The average molecular weight is 282 g/mol. The van der Waals surface area contributed by atoms with Crippen molar-refractivity contribution in [1.82, 2.24) is 20.2 Å². The third-order valence-corrected chi connectivity index (χ3v) is 2.78. The van der Waals surface area contributed by atoms with Gasteiger partial charge in [-0.2, -0.15) is 5.10 Å². The maximum absolute atomic E-state index is 13.8. The van der Waals surface area contributed by atoms with Gasteiger partial charge in [0.05, 0.1) is 10.7 Å². The van der Waals surface area contributed by atoms with Crippen molar-refractivity contribution in [2.45, 2.75) is 0 Å². The molecule has 96 valence electrons. The molecule has 0 aliphatic carbocycles. The van der Waals surface area contributed by atoms with Gasteiger partial charge in [-0.25, -0.2) is 18.7 Å². The molecular weight excluding hydrogens is 276 g/mol. The van der Waals surface area contributed by atoms with Crippen LogP contribution in [0.4, 0.5) is 14.6 Å². The molecule has 0 amide bonds. The lowest BCUT2D eigenvalue weighted by molar-refractivity contribution is 0.580. The van der Waals surface area contributed by atoms with Gasteiger partial charge in [-0.3, -0.25) is 5.10 Å². The first-order valence-corrected chi connectivity index (χ1v) is 5.55. The zero-order valence-electron chi connectivity index (χ0n) is 9.28. The number of pyridine rings is 2. The van der Waals surface area contributed by atoms with E-state index in [1.165, 1.54) is 6.20 Å². The van der Waals surface area contributed by atoms with Crippen LogP contribution in [0.15, 0.2) is 18.3 Å². The molecule has 8 heteroatoms. The van der Waals surface area contributed by atoms with E-state index in [0.29, 0.717) is 22.1 Å². The van der Waals surface area contributed by atoms with Crippen LogP contribution in [-0.2, 0) is 0 Å². The quantitative estimate of drug-likeness (QED) is 0.718. The van der Waals surface area contributed by atoms with Crippen molar-refractivity contribution in [2.24, 2.45) is 0 Å². The van der Waals surface area contributed by atoms with Crippen LogP contribution in [0.25, 0.3) is 22.4 Å². The van der Waals surface area contributed by atoms with Gasteiger partial charge in [0.15, 0.2) is 23.1 Å². The van der Waals surface area contributed by atoms with Crippen molar-refractivity contribution in [3.63, 3.8) is 0 Å². The Balaban J connectivity index is 2.30. The number of hydrogen-bond acceptors (Lipinski definition) is 4. The summed E-state index contributed by atoms with van der Waals surface area (Å²) < 4.78 is 26.9. The lowest BCUT2D eigenvalue weighted by Gasteiger charge is -2.03. The molecule has 3 rings (SSSR count). The second-order valence-corrected chi connectivity index (χ2v) is 4.25. The summed E-state index contributed by atoms with van der Waals surface area (Å²) in [5, 5.41) is 7.33. The van der Waals surface area contributed by atoms with Crippen molar-refractivity contribution in [3.05, 3.63) is 35.0 Å². The third-order valence-electron chi connectivity index (χ3n) is 2.57. The van der Waals surface area contributed by atoms with E-state index in [1.54, 1.807) is 6.07 Å². The minimum Gasteiger partial charge on any atom is -0.381 e. The summed E-state index contributed by atoms with van der Waals surface area (Å²) in [6.07, 6.45) is 1.41. The number of hydrogen-bond donors (Lipinski definition) is 2. The van der Waals surface area contributed by atoms with Gasteiger partial charge in [-0.15, -0.1) is 0 Å². The van der Waals surface area contributed by atoms with Crippen molar-refractivity contribution in [2.75, 3.05) is 5.73 Å². The number of anilines is 1. The number of H-pyrrole nitrogens is 1. The number of rotatable bonds is 1. The Hall–Kier alpha value is -2.28. The Morgan fingerprint density at radius 1 is 1.21 bits per heavy atom. The molecule has 3 N–H and O–H groups in total. The lowest BCUT2D eigenvalue weighted by atomic mass is 10.2. The zero-order valence-corrected chi connectivity index (χ0v) is 10.0. The molecule has 3 aromatic heterocycles. The molecule has 0 spiro atoms. The molecule has 0 atom stereocenters. The molecule has 3 heterocycles. The fraction of sp³-hybridized carbons (Fsp3) is 0. The van der Waals surface area contributed by atoms with Gasteiger partial charge in [0, 0.05) is 17.6 Å². The normalized spacial score (nSPS) is 11.1. The van der Waals surface area contributed by atoms with E-state index < -0.39 is 17.5 Å². The largest absolute Gasteiger partial charge is 0.381 e. The van der Waals surface area contributed by atoms with E-state index in [4.69, 9.17) is 17.3 Å². The molecule has 0 unspecified atom stereocenters. The standard InChI is InChI=1S/C11H6ClF2N5/c12-4-1-5-8(18-19-11(5)16-3-4)9-6(13)2-7(14)10(15)17-9/h1-3H,(H2,15,17)(H,16,18,19). The highest BCUT2D eigenvalue weighted by Crippen LogP contribution is 2.28. The highest BCUT2D eigenvalue weighted by Gasteiger charge is 2.17. The minimum absolute atomic E-state index is 0.134. The SMILES string of the molecule is Nc1nc(-c2[nH]nc3ncc(Cl)cc23)c(F)cc1F. The lowest BCUT2D eigenvalue weighted by Crippen LogP contribution is -2.00. The second-order valence-electron chi connectivity index (χ2n) is 3.81. The Morgan fingerprint density at radius 3 is 2.79 bits per heavy atom. The minimum atomic E-state index is -0.916. The number of halogens is 3. The van der Waals surface area contributed by atoms with Gasteiger partial charge >= 0.3 is 0 Å². The highest BCUT2D eigenvalue weighted by molar-refractivity contribution is 6.31. The van der Waals surface area contributed by atoms with Crippen molar-refractivity contribution >= 4 is 28.5 Å². The van der Waals surface area contributed by atoms with Crippen LogP contribution in [-0.4, -0.2) is 20.2 Å². The molecule has 3 aromatic rings. The summed E-state index contributed by atoms with van der Waals surface area (Å²) in [5.74, 6) is -2.16. The number of fused-ring (bicyclic) bond motifs is 1. The summed E-state index contributed by atoms with van der Waals surface area (Å²) in [5.41, 5.74) is 5.80. The predicted octanol–water partition coefficient (Wildman–Crippen LogP) is 2.53. The summed E-state index contributed by atoms with van der Waals surface area (Å²) in [6, 6.07) is 2.23. The molecule has 0 radical (unpaired) electrons. The highest BCUT2D eigenvalue weighted by atomic mass is 35.5. The molecule has 0 aliphatic rings. The Labute approximate surface area is 110 Å². The van der Waals surface area contributed by atoms with Crippen LogP contribution in [0.5, 0.6) is 0 Å². The smallest absolute Gasteiger partial charge is 0.181 e. The Bertz CT molecular complexity index is 786. The van der Waals surface area contributed by atoms with Gasteiger partial charge in [0.1, 0.15) is 5.69 Å². The van der Waals surface area contributed by atoms with Crippen molar-refractivity contribution < 1.29 is 8.78 Å².